The highest BCUT2D eigenvalue weighted by molar-refractivity contribution is 5.98. The zero-order valence-corrected chi connectivity index (χ0v) is 19.0. The largest absolute Gasteiger partial charge is 0.493 e. The molecule has 0 spiro atoms. The molecule has 1 unspecified atom stereocenters. The van der Waals surface area contributed by atoms with Crippen LogP contribution in [0.5, 0.6) is 17.2 Å². The predicted molar refractivity (Wildman–Crippen MR) is 130 cm³/mol. The zero-order valence-electron chi connectivity index (χ0n) is 18.2. The molecule has 1 aliphatic carbocycles. The van der Waals surface area contributed by atoms with Gasteiger partial charge in [0.05, 0.1) is 27.0 Å². The van der Waals surface area contributed by atoms with Crippen molar-refractivity contribution in [1.29, 1.82) is 0 Å². The average Bonchev–Trinajstić information content (AvgIpc) is 2.82. The van der Waals surface area contributed by atoms with Crippen molar-refractivity contribution in [2.45, 2.75) is 12.3 Å². The van der Waals surface area contributed by atoms with Crippen LogP contribution in [0.3, 0.4) is 0 Å². The minimum Gasteiger partial charge on any atom is -0.493 e. The van der Waals surface area contributed by atoms with Gasteiger partial charge in [0, 0.05) is 22.4 Å². The fourth-order valence-corrected chi connectivity index (χ4v) is 4.78. The lowest BCUT2D eigenvalue weighted by molar-refractivity contribution is 0.321. The molecule has 3 aromatic carbocycles. The number of fused-ring (bicyclic) bond motifs is 5. The Labute approximate surface area is 193 Å². The minimum atomic E-state index is 0. The van der Waals surface area contributed by atoms with Crippen LogP contribution in [-0.2, 0) is 6.42 Å². The van der Waals surface area contributed by atoms with E-state index in [1.807, 2.05) is 30.3 Å². The van der Waals surface area contributed by atoms with E-state index in [4.69, 9.17) is 24.9 Å². The molecule has 6 heteroatoms. The van der Waals surface area contributed by atoms with Crippen LogP contribution in [0.25, 0.3) is 22.0 Å². The van der Waals surface area contributed by atoms with Gasteiger partial charge in [0.15, 0.2) is 11.5 Å². The number of pyridine rings is 1. The Bertz CT molecular complexity index is 1310. The fourth-order valence-electron chi connectivity index (χ4n) is 4.78. The maximum atomic E-state index is 6.39. The molecule has 1 aliphatic rings. The van der Waals surface area contributed by atoms with Crippen molar-refractivity contribution in [2.75, 3.05) is 27.1 Å². The molecule has 0 amide bonds. The Morgan fingerprint density at radius 1 is 0.812 bits per heavy atom. The fraction of sp³-hybridized carbons (Fsp3) is 0.192. The summed E-state index contributed by atoms with van der Waals surface area (Å²) in [7, 11) is 4.92. The summed E-state index contributed by atoms with van der Waals surface area (Å²) >= 11 is 0. The monoisotopic (exact) mass is 448 g/mol. The second-order valence-electron chi connectivity index (χ2n) is 7.64. The van der Waals surface area contributed by atoms with E-state index in [9.17, 15) is 0 Å². The van der Waals surface area contributed by atoms with Crippen molar-refractivity contribution in [3.8, 4) is 28.5 Å². The number of nitrogens with two attached hydrogens (primary N) is 1. The summed E-state index contributed by atoms with van der Waals surface area (Å²) in [5.74, 6) is 2.48. The lowest BCUT2D eigenvalue weighted by atomic mass is 9.75. The third kappa shape index (κ3) is 3.21. The molecular weight excluding hydrogens is 424 g/mol. The first-order valence-corrected chi connectivity index (χ1v) is 10.2. The van der Waals surface area contributed by atoms with Gasteiger partial charge in [-0.1, -0.05) is 54.6 Å². The molecular formula is C26H25ClN2O3. The molecule has 1 heterocycles. The number of hydrogen-bond acceptors (Lipinski definition) is 5. The highest BCUT2D eigenvalue weighted by Gasteiger charge is 2.32. The number of aromatic nitrogens is 1. The van der Waals surface area contributed by atoms with Crippen LogP contribution in [0.1, 0.15) is 22.6 Å². The second-order valence-corrected chi connectivity index (χ2v) is 7.64. The average molecular weight is 449 g/mol. The first-order valence-electron chi connectivity index (χ1n) is 10.2. The number of rotatable bonds is 4. The van der Waals surface area contributed by atoms with E-state index in [0.29, 0.717) is 23.1 Å². The van der Waals surface area contributed by atoms with E-state index in [1.165, 1.54) is 5.56 Å². The highest BCUT2D eigenvalue weighted by Crippen LogP contribution is 2.51. The summed E-state index contributed by atoms with van der Waals surface area (Å²) in [6, 6.07) is 20.6. The van der Waals surface area contributed by atoms with Gasteiger partial charge in [0.1, 0.15) is 5.82 Å². The van der Waals surface area contributed by atoms with Gasteiger partial charge in [-0.15, -0.1) is 12.4 Å². The standard InChI is InChI=1S/C26H24N2O3.ClH/c1-29-21-13-12-18(24(30-2)25(21)31-3)20-14-15-8-4-5-9-16(15)23-22(20)17-10-6-7-11-19(17)26(27)28-23;/h4-13,20H,14H2,1-3H3,(H2,27,28);1H. The van der Waals surface area contributed by atoms with Crippen LogP contribution >= 0.6 is 12.4 Å². The molecule has 0 radical (unpaired) electrons. The molecule has 5 rings (SSSR count). The second kappa shape index (κ2) is 8.60. The van der Waals surface area contributed by atoms with Gasteiger partial charge in [-0.25, -0.2) is 4.98 Å². The maximum absolute atomic E-state index is 6.39. The minimum absolute atomic E-state index is 0. The SMILES string of the molecule is COc1ccc(C2Cc3ccccc3-c3nc(N)c4ccccc4c32)c(OC)c1OC.Cl. The number of halogens is 1. The quantitative estimate of drug-likeness (QED) is 0.439. The van der Waals surface area contributed by atoms with Crippen LogP contribution in [0.15, 0.2) is 60.7 Å². The predicted octanol–water partition coefficient (Wildman–Crippen LogP) is 5.62. The van der Waals surface area contributed by atoms with Crippen molar-refractivity contribution < 1.29 is 14.2 Å². The lowest BCUT2D eigenvalue weighted by Crippen LogP contribution is -2.16. The molecule has 1 atom stereocenters. The van der Waals surface area contributed by atoms with Gasteiger partial charge in [0.2, 0.25) is 5.75 Å². The smallest absolute Gasteiger partial charge is 0.203 e. The van der Waals surface area contributed by atoms with E-state index in [2.05, 4.69) is 30.3 Å². The highest BCUT2D eigenvalue weighted by atomic mass is 35.5. The molecule has 0 saturated carbocycles. The number of anilines is 1. The van der Waals surface area contributed by atoms with Gasteiger partial charge < -0.3 is 19.9 Å². The summed E-state index contributed by atoms with van der Waals surface area (Å²) in [4.78, 5) is 4.87. The van der Waals surface area contributed by atoms with Gasteiger partial charge in [-0.2, -0.15) is 0 Å². The number of benzene rings is 3. The van der Waals surface area contributed by atoms with Crippen molar-refractivity contribution in [3.05, 3.63) is 77.4 Å². The summed E-state index contributed by atoms with van der Waals surface area (Å²) in [5, 5.41) is 2.08. The van der Waals surface area contributed by atoms with Crippen molar-refractivity contribution in [2.24, 2.45) is 0 Å². The van der Waals surface area contributed by atoms with Crippen LogP contribution in [0, 0.1) is 0 Å². The first kappa shape index (κ1) is 21.8. The topological polar surface area (TPSA) is 66.6 Å². The van der Waals surface area contributed by atoms with Crippen LogP contribution in [-0.4, -0.2) is 26.3 Å². The first-order chi connectivity index (χ1) is 15.2. The molecule has 1 aromatic heterocycles. The van der Waals surface area contributed by atoms with E-state index in [1.54, 1.807) is 21.3 Å². The maximum Gasteiger partial charge on any atom is 0.203 e. The molecule has 0 aliphatic heterocycles. The van der Waals surface area contributed by atoms with E-state index >= 15 is 0 Å². The van der Waals surface area contributed by atoms with Gasteiger partial charge >= 0.3 is 0 Å². The Morgan fingerprint density at radius 2 is 1.50 bits per heavy atom. The summed E-state index contributed by atoms with van der Waals surface area (Å²) in [6.07, 6.45) is 0.824. The van der Waals surface area contributed by atoms with Crippen molar-refractivity contribution in [1.82, 2.24) is 4.98 Å². The third-order valence-corrected chi connectivity index (χ3v) is 6.14. The van der Waals surface area contributed by atoms with Crippen molar-refractivity contribution >= 4 is 29.0 Å². The normalized spacial score (nSPS) is 14.2. The molecule has 164 valence electrons. The van der Waals surface area contributed by atoms with Gasteiger partial charge in [0.25, 0.3) is 0 Å². The Kier molecular flexibility index (Phi) is 5.85. The van der Waals surface area contributed by atoms with E-state index < -0.39 is 0 Å². The number of nitrogen functional groups attached to an aromatic ring is 1. The summed E-state index contributed by atoms with van der Waals surface area (Å²) in [6.45, 7) is 0. The summed E-state index contributed by atoms with van der Waals surface area (Å²) in [5.41, 5.74) is 11.9. The lowest BCUT2D eigenvalue weighted by Gasteiger charge is -2.30. The zero-order chi connectivity index (χ0) is 21.5. The van der Waals surface area contributed by atoms with Gasteiger partial charge in [-0.3, -0.25) is 0 Å². The Balaban J connectivity index is 0.00000245. The number of methoxy groups -OCH3 is 3. The van der Waals surface area contributed by atoms with Crippen LogP contribution in [0.2, 0.25) is 0 Å². The third-order valence-electron chi connectivity index (χ3n) is 6.14. The number of hydrogen-bond donors (Lipinski definition) is 1. The van der Waals surface area contributed by atoms with Crippen molar-refractivity contribution in [3.63, 3.8) is 0 Å². The Morgan fingerprint density at radius 3 is 2.22 bits per heavy atom. The Hall–Kier alpha value is -3.44. The van der Waals surface area contributed by atoms with E-state index in [0.717, 1.165) is 39.6 Å². The van der Waals surface area contributed by atoms with E-state index in [-0.39, 0.29) is 18.3 Å². The number of ether oxygens (including phenoxy) is 3. The van der Waals surface area contributed by atoms with Crippen LogP contribution in [0.4, 0.5) is 5.82 Å². The molecule has 32 heavy (non-hydrogen) atoms. The summed E-state index contributed by atoms with van der Waals surface area (Å²) < 4.78 is 17.0. The molecule has 0 saturated heterocycles. The van der Waals surface area contributed by atoms with Gasteiger partial charge in [-0.05, 0) is 29.0 Å². The molecule has 4 aromatic rings. The van der Waals surface area contributed by atoms with Crippen LogP contribution < -0.4 is 19.9 Å². The molecule has 0 fully saturated rings. The molecule has 0 bridgehead atoms. The molecule has 2 N–H and O–H groups in total. The molecule has 5 nitrogen and oxygen atoms in total. The number of nitrogens with zero attached hydrogens (tertiary/aromatic N) is 1.